The summed E-state index contributed by atoms with van der Waals surface area (Å²) in [5.74, 6) is -0.768. The van der Waals surface area contributed by atoms with Crippen LogP contribution in [0.2, 0.25) is 0 Å². The lowest BCUT2D eigenvalue weighted by Gasteiger charge is -2.52. The van der Waals surface area contributed by atoms with Crippen LogP contribution in [-0.2, 0) is 27.4 Å². The number of halogens is 3. The van der Waals surface area contributed by atoms with Crippen molar-refractivity contribution in [1.29, 1.82) is 0 Å². The summed E-state index contributed by atoms with van der Waals surface area (Å²) >= 11 is 0. The van der Waals surface area contributed by atoms with Crippen LogP contribution in [0, 0.1) is 23.2 Å². The van der Waals surface area contributed by atoms with Gasteiger partial charge in [-0.15, -0.1) is 0 Å². The molecule has 10 rings (SSSR count). The van der Waals surface area contributed by atoms with Crippen LogP contribution in [0.3, 0.4) is 0 Å². The Hall–Kier alpha value is -5.68. The van der Waals surface area contributed by atoms with Crippen LogP contribution >= 0.6 is 0 Å². The molecule has 4 aliphatic heterocycles. The number of nitrogens with zero attached hydrogens (tertiary/aromatic N) is 4. The zero-order valence-electron chi connectivity index (χ0n) is 37.9. The SMILES string of the molecule is COc1cc(-c2c[nH]c(=O)c3cnc(N4CCOCC4)cc23)cc(OC)c1CN1CCC(C(C2CCC3(CC2)CC(Oc2ccc4c(c2)C(=O)N(C2CCC(=O)NC2=O)C4)C3)C(F)(F)F)CC1. The van der Waals surface area contributed by atoms with Gasteiger partial charge in [-0.25, -0.2) is 4.98 Å². The summed E-state index contributed by atoms with van der Waals surface area (Å²) in [7, 11) is 3.19. The smallest absolute Gasteiger partial charge is 0.392 e. The first-order valence-electron chi connectivity index (χ1n) is 23.6. The molecule has 6 aliphatic rings. The minimum Gasteiger partial charge on any atom is -0.496 e. The lowest BCUT2D eigenvalue weighted by Crippen LogP contribution is -2.52. The molecule has 3 saturated heterocycles. The van der Waals surface area contributed by atoms with Crippen molar-refractivity contribution in [3.05, 3.63) is 75.8 Å². The topological polar surface area (TPSA) is 156 Å². The number of rotatable bonds is 11. The van der Waals surface area contributed by atoms with Gasteiger partial charge in [0.15, 0.2) is 0 Å². The van der Waals surface area contributed by atoms with E-state index in [2.05, 4.69) is 25.1 Å². The first-order chi connectivity index (χ1) is 32.3. The first-order valence-corrected chi connectivity index (χ1v) is 23.6. The molecule has 2 atom stereocenters. The number of likely N-dealkylation sites (tertiary alicyclic amines) is 1. The number of H-pyrrole nitrogens is 1. The van der Waals surface area contributed by atoms with Crippen molar-refractivity contribution in [3.8, 4) is 28.4 Å². The largest absolute Gasteiger partial charge is 0.496 e. The molecule has 4 aromatic rings. The van der Waals surface area contributed by atoms with E-state index in [0.29, 0.717) is 113 Å². The second-order valence-electron chi connectivity index (χ2n) is 19.5. The third-order valence-electron chi connectivity index (χ3n) is 15.6. The Labute approximate surface area is 386 Å². The van der Waals surface area contributed by atoms with Crippen LogP contribution in [0.25, 0.3) is 21.9 Å². The van der Waals surface area contributed by atoms with Crippen molar-refractivity contribution >= 4 is 34.3 Å². The summed E-state index contributed by atoms with van der Waals surface area (Å²) < 4.78 is 68.9. The van der Waals surface area contributed by atoms with E-state index in [1.54, 1.807) is 32.7 Å². The molecule has 0 radical (unpaired) electrons. The standard InChI is InChI=1S/C50H57F3N6O8/c1-64-41-19-32(37-25-55-46(61)38-26-54-43(22-36(37)38)58-15-17-66-18-16-58)20-42(65-2)39(41)28-57-13-9-30(10-14-57)45(50(51,52)53)29-7-11-49(12-8-29)23-34(24-49)67-33-4-3-31-27-59(48(63)35(31)21-33)40-5-6-44(60)56-47(40)62/h3-4,19-22,25-26,29-30,34,40,45H,5-18,23-24,27-28H2,1-2H3,(H,55,61)(H,56,60,62). The number of nitrogens with one attached hydrogen (secondary N) is 2. The molecule has 0 bridgehead atoms. The van der Waals surface area contributed by atoms with Gasteiger partial charge in [0, 0.05) is 61.5 Å². The molecule has 356 valence electrons. The number of fused-ring (bicyclic) bond motifs is 2. The van der Waals surface area contributed by atoms with E-state index in [1.807, 2.05) is 30.3 Å². The number of piperidine rings is 2. The Morgan fingerprint density at radius 1 is 0.866 bits per heavy atom. The number of hydrogen-bond acceptors (Lipinski definition) is 11. The fourth-order valence-electron chi connectivity index (χ4n) is 12.1. The highest BCUT2D eigenvalue weighted by Crippen LogP contribution is 2.57. The molecule has 67 heavy (non-hydrogen) atoms. The molecule has 6 heterocycles. The maximum absolute atomic E-state index is 15.1. The number of amides is 3. The number of imide groups is 1. The van der Waals surface area contributed by atoms with Crippen molar-refractivity contribution < 1.29 is 46.5 Å². The van der Waals surface area contributed by atoms with Gasteiger partial charge < -0.3 is 33.7 Å². The van der Waals surface area contributed by atoms with Crippen molar-refractivity contribution in [2.24, 2.45) is 23.2 Å². The second kappa shape index (κ2) is 18.1. The third-order valence-corrected chi connectivity index (χ3v) is 15.6. The quantitative estimate of drug-likeness (QED) is 0.149. The highest BCUT2D eigenvalue weighted by molar-refractivity contribution is 6.05. The number of alkyl halides is 3. The number of aromatic nitrogens is 2. The fraction of sp³-hybridized carbons (Fsp3) is 0.540. The summed E-state index contributed by atoms with van der Waals surface area (Å²) in [6.45, 7) is 4.38. The maximum atomic E-state index is 15.1. The highest BCUT2D eigenvalue weighted by atomic mass is 19.4. The zero-order valence-corrected chi connectivity index (χ0v) is 37.9. The lowest BCUT2D eigenvalue weighted by atomic mass is 9.55. The van der Waals surface area contributed by atoms with E-state index in [1.165, 1.54) is 4.90 Å². The van der Waals surface area contributed by atoms with Gasteiger partial charge in [0.1, 0.15) is 29.1 Å². The number of morpholine rings is 1. The van der Waals surface area contributed by atoms with E-state index < -0.39 is 35.9 Å². The number of benzene rings is 2. The van der Waals surface area contributed by atoms with Crippen LogP contribution in [-0.4, -0.2) is 109 Å². The van der Waals surface area contributed by atoms with Crippen molar-refractivity contribution in [3.63, 3.8) is 0 Å². The first kappa shape index (κ1) is 45.1. The molecule has 2 aliphatic carbocycles. The van der Waals surface area contributed by atoms with Crippen molar-refractivity contribution in [1.82, 2.24) is 25.1 Å². The second-order valence-corrected chi connectivity index (χ2v) is 19.5. The number of pyridine rings is 2. The van der Waals surface area contributed by atoms with Crippen LogP contribution in [0.4, 0.5) is 19.0 Å². The third kappa shape index (κ3) is 8.84. The Kier molecular flexibility index (Phi) is 12.2. The number of carbonyl (C=O) groups is 3. The molecule has 14 nitrogen and oxygen atoms in total. The van der Waals surface area contributed by atoms with E-state index in [0.717, 1.165) is 59.1 Å². The Balaban J connectivity index is 0.752. The van der Waals surface area contributed by atoms with E-state index in [-0.39, 0.29) is 35.3 Å². The predicted molar refractivity (Wildman–Crippen MR) is 242 cm³/mol. The Bertz CT molecular complexity index is 2580. The van der Waals surface area contributed by atoms with E-state index in [4.69, 9.17) is 18.9 Å². The summed E-state index contributed by atoms with van der Waals surface area (Å²) in [5.41, 5.74) is 3.39. The minimum atomic E-state index is -4.29. The van der Waals surface area contributed by atoms with E-state index >= 15 is 13.2 Å². The lowest BCUT2D eigenvalue weighted by molar-refractivity contribution is -0.215. The number of carbonyl (C=O) groups excluding carboxylic acids is 3. The van der Waals surface area contributed by atoms with Gasteiger partial charge >= 0.3 is 6.18 Å². The number of hydrogen-bond donors (Lipinski definition) is 2. The molecule has 5 fully saturated rings. The molecule has 1 spiro atoms. The predicted octanol–water partition coefficient (Wildman–Crippen LogP) is 7.01. The summed E-state index contributed by atoms with van der Waals surface area (Å²) in [5, 5.41) is 3.53. The van der Waals surface area contributed by atoms with Gasteiger partial charge in [0.05, 0.1) is 50.4 Å². The van der Waals surface area contributed by atoms with Crippen molar-refractivity contribution in [2.75, 3.05) is 58.5 Å². The monoisotopic (exact) mass is 926 g/mol. The Morgan fingerprint density at radius 3 is 2.24 bits per heavy atom. The average Bonchev–Trinajstić information content (AvgIpc) is 3.64. The van der Waals surface area contributed by atoms with Gasteiger partial charge in [0.25, 0.3) is 11.5 Å². The molecule has 2 N–H and O–H groups in total. The van der Waals surface area contributed by atoms with Gasteiger partial charge in [0.2, 0.25) is 11.8 Å². The number of ether oxygens (including phenoxy) is 4. The minimum absolute atomic E-state index is 0.0304. The van der Waals surface area contributed by atoms with Gasteiger partial charge in [-0.05, 0) is 130 Å². The fourth-order valence-corrected chi connectivity index (χ4v) is 12.1. The van der Waals surface area contributed by atoms with Gasteiger partial charge in [-0.3, -0.25) is 29.4 Å². The summed E-state index contributed by atoms with van der Waals surface area (Å²) in [6.07, 6.45) is 4.39. The average molecular weight is 927 g/mol. The van der Waals surface area contributed by atoms with Gasteiger partial charge in [-0.2, -0.15) is 13.2 Å². The Morgan fingerprint density at radius 2 is 1.57 bits per heavy atom. The highest BCUT2D eigenvalue weighted by Gasteiger charge is 2.54. The molecule has 2 unspecified atom stereocenters. The van der Waals surface area contributed by atoms with Crippen LogP contribution in [0.15, 0.2) is 53.6 Å². The van der Waals surface area contributed by atoms with Crippen molar-refractivity contribution in [2.45, 2.75) is 95.6 Å². The molecular formula is C50H57F3N6O8. The molecule has 3 amide bonds. The van der Waals surface area contributed by atoms with Crippen LogP contribution in [0.1, 0.15) is 85.7 Å². The van der Waals surface area contributed by atoms with E-state index in [9.17, 15) is 19.2 Å². The number of anilines is 1. The molecule has 2 aromatic heterocycles. The number of methoxy groups -OCH3 is 2. The van der Waals surface area contributed by atoms with Crippen LogP contribution < -0.4 is 30.0 Å². The zero-order chi connectivity index (χ0) is 46.6. The number of aromatic amines is 1. The molecule has 2 aromatic carbocycles. The van der Waals surface area contributed by atoms with Gasteiger partial charge in [-0.1, -0.05) is 6.07 Å². The van der Waals surface area contributed by atoms with Crippen LogP contribution in [0.5, 0.6) is 17.2 Å². The summed E-state index contributed by atoms with van der Waals surface area (Å²) in [4.78, 5) is 63.6. The maximum Gasteiger partial charge on any atom is 0.392 e. The molecular weight excluding hydrogens is 870 g/mol. The normalized spacial score (nSPS) is 25.5. The molecule has 17 heteroatoms. The molecule has 2 saturated carbocycles. The summed E-state index contributed by atoms with van der Waals surface area (Å²) in [6, 6.07) is 10.5.